The molecule has 2 heterocycles. The minimum atomic E-state index is -0.184. The molecular weight excluding hydrogens is 817 g/mol. The van der Waals surface area contributed by atoms with Gasteiger partial charge in [0, 0.05) is 17.0 Å². The second kappa shape index (κ2) is 18.4. The number of nitrogens with zero attached hydrogens (tertiary/aromatic N) is 4. The molecule has 2 atom stereocenters. The van der Waals surface area contributed by atoms with Crippen LogP contribution in [0.2, 0.25) is 0 Å². The molecule has 4 amide bonds. The highest BCUT2D eigenvalue weighted by atomic mass is 16.2. The van der Waals surface area contributed by atoms with Crippen LogP contribution in [-0.4, -0.2) is 31.6 Å². The normalized spacial score (nSPS) is 15.4. The number of carbonyl (C=O) groups excluding carboxylic acids is 2. The number of benzene rings is 6. The van der Waals surface area contributed by atoms with E-state index in [4.69, 9.17) is 0 Å². The molecule has 4 N–H and O–H groups in total. The van der Waals surface area contributed by atoms with Gasteiger partial charge in [-0.2, -0.15) is 10.2 Å². The Kier molecular flexibility index (Phi) is 12.2. The van der Waals surface area contributed by atoms with Crippen LogP contribution in [-0.2, 0) is 36.8 Å². The van der Waals surface area contributed by atoms with Gasteiger partial charge in [-0.1, -0.05) is 151 Å². The number of hydrogen-bond donors (Lipinski definition) is 4. The molecule has 10 heteroatoms. The summed E-state index contributed by atoms with van der Waals surface area (Å²) in [6.45, 7) is 14.8. The maximum absolute atomic E-state index is 12.9. The van der Waals surface area contributed by atoms with Gasteiger partial charge in [0.25, 0.3) is 0 Å². The van der Waals surface area contributed by atoms with Crippen molar-refractivity contribution in [2.45, 2.75) is 103 Å². The van der Waals surface area contributed by atoms with E-state index in [-0.39, 0.29) is 35.0 Å². The minimum Gasteiger partial charge on any atom is -0.331 e. The van der Waals surface area contributed by atoms with E-state index < -0.39 is 0 Å². The number of nitrogens with one attached hydrogen (secondary N) is 4. The smallest absolute Gasteiger partial charge is 0.319 e. The highest BCUT2D eigenvalue weighted by molar-refractivity contribution is 6.01. The van der Waals surface area contributed by atoms with Gasteiger partial charge in [-0.3, -0.25) is 9.36 Å². The lowest BCUT2D eigenvalue weighted by Gasteiger charge is -2.21. The Morgan fingerprint density at radius 1 is 0.591 bits per heavy atom. The summed E-state index contributed by atoms with van der Waals surface area (Å²) in [5.41, 5.74) is 13.9. The number of rotatable bonds is 8. The number of urea groups is 2. The first-order valence-corrected chi connectivity index (χ1v) is 23.2. The third kappa shape index (κ3) is 9.88. The summed E-state index contributed by atoms with van der Waals surface area (Å²) in [6.07, 6.45) is 7.66. The highest BCUT2D eigenvalue weighted by Crippen LogP contribution is 2.36. The molecule has 6 aromatic carbocycles. The standard InChI is InChI=1S/2C28H30N4O/c1-28(2,3)21-13-14-22-20(16-21)12-15-25(22)31-27(33)30-24-10-7-11-26-23(24)17-29-32(26)18-19-8-5-4-6-9-19;1-28(2,3)21-13-14-22-20(16-21)12-15-25(22)30-27(33)29-24-10-7-11-26-23(24)18-32(31-26)17-19-8-5-4-6-9-19/h4-11,13-14,16-17,25H,12,15,18H2,1-3H3,(H2,30,31,33);4-11,13-14,16,18,25H,12,15,17H2,1-3H3,(H2,29,30,33)/t2*25-/m11/s1. The monoisotopic (exact) mass is 876 g/mol. The van der Waals surface area contributed by atoms with E-state index in [2.05, 4.69) is 134 Å². The third-order valence-corrected chi connectivity index (χ3v) is 12.9. The molecule has 0 spiro atoms. The van der Waals surface area contributed by atoms with Crippen LogP contribution in [0.1, 0.15) is 111 Å². The van der Waals surface area contributed by atoms with Gasteiger partial charge >= 0.3 is 12.1 Å². The van der Waals surface area contributed by atoms with Crippen LogP contribution in [0.4, 0.5) is 21.0 Å². The second-order valence-corrected chi connectivity index (χ2v) is 19.8. The fraction of sp³-hybridized carbons (Fsp3) is 0.286. The first-order valence-electron chi connectivity index (χ1n) is 23.2. The maximum atomic E-state index is 12.9. The van der Waals surface area contributed by atoms with Crippen LogP contribution in [0, 0.1) is 0 Å². The second-order valence-electron chi connectivity index (χ2n) is 19.8. The molecule has 2 aliphatic rings. The fourth-order valence-corrected chi connectivity index (χ4v) is 9.25. The number of fused-ring (bicyclic) bond motifs is 4. The van der Waals surface area contributed by atoms with Crippen molar-refractivity contribution in [3.05, 3.63) is 190 Å². The van der Waals surface area contributed by atoms with Crippen molar-refractivity contribution in [1.82, 2.24) is 30.2 Å². The number of anilines is 2. The van der Waals surface area contributed by atoms with Crippen molar-refractivity contribution in [2.24, 2.45) is 0 Å². The van der Waals surface area contributed by atoms with E-state index in [1.807, 2.05) is 94.6 Å². The lowest BCUT2D eigenvalue weighted by atomic mass is 9.85. The van der Waals surface area contributed by atoms with Crippen LogP contribution in [0.5, 0.6) is 0 Å². The average Bonchev–Trinajstić information content (AvgIpc) is 4.10. The summed E-state index contributed by atoms with van der Waals surface area (Å²) >= 11 is 0. The molecule has 8 aromatic rings. The van der Waals surface area contributed by atoms with Gasteiger partial charge in [-0.15, -0.1) is 0 Å². The Hall–Kier alpha value is -7.20. The van der Waals surface area contributed by atoms with Crippen LogP contribution < -0.4 is 21.3 Å². The van der Waals surface area contributed by atoms with Crippen molar-refractivity contribution in [3.8, 4) is 0 Å². The summed E-state index contributed by atoms with van der Waals surface area (Å²) in [6, 6.07) is 45.3. The Morgan fingerprint density at radius 2 is 1.11 bits per heavy atom. The first-order chi connectivity index (χ1) is 31.7. The molecule has 2 aromatic heterocycles. The van der Waals surface area contributed by atoms with Gasteiger partial charge in [0.1, 0.15) is 0 Å². The largest absolute Gasteiger partial charge is 0.331 e. The molecule has 0 unspecified atom stereocenters. The number of aryl methyl sites for hydroxylation is 2. The molecule has 10 nitrogen and oxygen atoms in total. The number of hydrogen-bond acceptors (Lipinski definition) is 4. The quantitative estimate of drug-likeness (QED) is 0.122. The summed E-state index contributed by atoms with van der Waals surface area (Å²) < 4.78 is 3.89. The summed E-state index contributed by atoms with van der Waals surface area (Å²) in [7, 11) is 0. The van der Waals surface area contributed by atoms with E-state index in [0.717, 1.165) is 58.9 Å². The Labute approximate surface area is 387 Å². The van der Waals surface area contributed by atoms with E-state index in [1.165, 1.54) is 44.5 Å². The molecule has 0 aliphatic heterocycles. The van der Waals surface area contributed by atoms with Crippen molar-refractivity contribution in [2.75, 3.05) is 10.6 Å². The SMILES string of the molecule is CC(C)(C)c1ccc2c(c1)CC[C@H]2NC(=O)Nc1cccc2c1cnn2Cc1ccccc1.CC(C)(C)c1ccc2c(c1)CC[C@H]2NC(=O)Nc1cccc2nn(Cc3ccccc3)cc12. The zero-order chi connectivity index (χ0) is 46.0. The molecular formula is C56H60N8O2. The zero-order valence-corrected chi connectivity index (χ0v) is 38.9. The van der Waals surface area contributed by atoms with Crippen LogP contribution in [0.25, 0.3) is 21.8 Å². The van der Waals surface area contributed by atoms with Crippen LogP contribution in [0.3, 0.4) is 0 Å². The zero-order valence-electron chi connectivity index (χ0n) is 38.9. The van der Waals surface area contributed by atoms with Gasteiger partial charge in [0.2, 0.25) is 0 Å². The summed E-state index contributed by atoms with van der Waals surface area (Å²) in [5, 5.41) is 23.6. The Bertz CT molecular complexity index is 2910. The predicted molar refractivity (Wildman–Crippen MR) is 267 cm³/mol. The van der Waals surface area contributed by atoms with Gasteiger partial charge in [0.05, 0.1) is 53.8 Å². The molecule has 2 aliphatic carbocycles. The molecule has 66 heavy (non-hydrogen) atoms. The van der Waals surface area contributed by atoms with Gasteiger partial charge in [-0.05, 0) is 105 Å². The highest BCUT2D eigenvalue weighted by Gasteiger charge is 2.28. The van der Waals surface area contributed by atoms with Crippen LogP contribution >= 0.6 is 0 Å². The van der Waals surface area contributed by atoms with Crippen molar-refractivity contribution in [3.63, 3.8) is 0 Å². The topological polar surface area (TPSA) is 118 Å². The average molecular weight is 877 g/mol. The summed E-state index contributed by atoms with van der Waals surface area (Å²) in [4.78, 5) is 25.8. The maximum Gasteiger partial charge on any atom is 0.319 e. The Balaban J connectivity index is 0.000000166. The molecule has 336 valence electrons. The van der Waals surface area contributed by atoms with Gasteiger partial charge < -0.3 is 21.3 Å². The number of carbonyl (C=O) groups is 2. The van der Waals surface area contributed by atoms with E-state index in [0.29, 0.717) is 13.1 Å². The lowest BCUT2D eigenvalue weighted by Crippen LogP contribution is -2.31. The van der Waals surface area contributed by atoms with Crippen molar-refractivity contribution in [1.29, 1.82) is 0 Å². The van der Waals surface area contributed by atoms with Gasteiger partial charge in [-0.25, -0.2) is 9.59 Å². The summed E-state index contributed by atoms with van der Waals surface area (Å²) in [5.74, 6) is 0. The molecule has 0 saturated heterocycles. The lowest BCUT2D eigenvalue weighted by molar-refractivity contribution is 0.247. The van der Waals surface area contributed by atoms with Crippen molar-refractivity contribution < 1.29 is 9.59 Å². The van der Waals surface area contributed by atoms with Crippen molar-refractivity contribution >= 4 is 45.2 Å². The minimum absolute atomic E-state index is 0.0361. The van der Waals surface area contributed by atoms with E-state index in [1.54, 1.807) is 0 Å². The third-order valence-electron chi connectivity index (χ3n) is 12.9. The number of amides is 4. The molecule has 0 radical (unpaired) electrons. The molecule has 10 rings (SSSR count). The van der Waals surface area contributed by atoms with Gasteiger partial charge in [0.15, 0.2) is 0 Å². The number of aromatic nitrogens is 4. The molecule has 0 bridgehead atoms. The molecule has 0 fully saturated rings. The van der Waals surface area contributed by atoms with E-state index >= 15 is 0 Å². The first kappa shape index (κ1) is 44.0. The van der Waals surface area contributed by atoms with Crippen LogP contribution in [0.15, 0.2) is 146 Å². The fourth-order valence-electron chi connectivity index (χ4n) is 9.25. The molecule has 0 saturated carbocycles. The van der Waals surface area contributed by atoms with E-state index in [9.17, 15) is 9.59 Å². The predicted octanol–water partition coefficient (Wildman–Crippen LogP) is 12.4. The Morgan fingerprint density at radius 3 is 1.65 bits per heavy atom.